The van der Waals surface area contributed by atoms with Gasteiger partial charge in [-0.25, -0.2) is 0 Å². The van der Waals surface area contributed by atoms with Crippen LogP contribution in [0.15, 0.2) is 0 Å². The first-order chi connectivity index (χ1) is 5.71. The third kappa shape index (κ3) is 39.7. The van der Waals surface area contributed by atoms with Gasteiger partial charge in [0.05, 0.1) is 6.26 Å². The minimum atomic E-state index is -3.67. The summed E-state index contributed by atoms with van der Waals surface area (Å²) in [5.41, 5.74) is 0. The first kappa shape index (κ1) is 16.7. The predicted octanol–water partition coefficient (Wildman–Crippen LogP) is 1.04. The van der Waals surface area contributed by atoms with Crippen LogP contribution in [0, 0.1) is 0 Å². The van der Waals surface area contributed by atoms with E-state index in [9.17, 15) is 13.2 Å². The third-order valence-electron chi connectivity index (χ3n) is 0.556. The molecule has 0 aliphatic rings. The summed E-state index contributed by atoms with van der Waals surface area (Å²) < 4.78 is 31.3. The lowest BCUT2D eigenvalue weighted by Gasteiger charge is -2.25. The van der Waals surface area contributed by atoms with Crippen molar-refractivity contribution in [1.29, 1.82) is 0 Å². The third-order valence-corrected chi connectivity index (χ3v) is 5.00. The van der Waals surface area contributed by atoms with Crippen LogP contribution in [0.4, 0.5) is 0 Å². The van der Waals surface area contributed by atoms with Gasteiger partial charge in [-0.05, 0) is 32.7 Å². The summed E-state index contributed by atoms with van der Waals surface area (Å²) in [5, 5.41) is 0. The zero-order chi connectivity index (χ0) is 12.2. The van der Waals surface area contributed by atoms with Crippen molar-refractivity contribution in [2.45, 2.75) is 32.7 Å². The highest BCUT2D eigenvalue weighted by atomic mass is 32.2. The van der Waals surface area contributed by atoms with Gasteiger partial charge in [-0.3, -0.25) is 4.55 Å². The summed E-state index contributed by atoms with van der Waals surface area (Å²) in [4.78, 5) is 9.30. The Morgan fingerprint density at radius 3 is 1.29 bits per heavy atom. The van der Waals surface area contributed by atoms with Crippen LogP contribution in [-0.2, 0) is 14.2 Å². The van der Waals surface area contributed by atoms with Gasteiger partial charge in [-0.15, -0.1) is 0 Å². The monoisotopic (exact) mass is 260 g/mol. The van der Waals surface area contributed by atoms with E-state index in [2.05, 4.69) is 19.6 Å². The van der Waals surface area contributed by atoms with E-state index in [1.54, 1.807) is 13.1 Å². The summed E-state index contributed by atoms with van der Waals surface area (Å²) in [6.45, 7) is 9.84. The van der Waals surface area contributed by atoms with Gasteiger partial charge in [0.1, 0.15) is 0 Å². The molecule has 0 unspecified atom stereocenters. The summed E-state index contributed by atoms with van der Waals surface area (Å²) >= 11 is 0. The molecule has 0 amide bonds. The lowest BCUT2D eigenvalue weighted by atomic mass is 11.8. The highest BCUT2D eigenvalue weighted by molar-refractivity contribution is 7.85. The first-order valence-electron chi connectivity index (χ1n) is 4.06. The van der Waals surface area contributed by atoms with E-state index in [1.807, 2.05) is 0 Å². The molecule has 2 N–H and O–H groups in total. The predicted molar refractivity (Wildman–Crippen MR) is 61.6 cm³/mol. The molecule has 88 valence electrons. The van der Waals surface area contributed by atoms with Gasteiger partial charge in [0.25, 0.3) is 10.1 Å². The van der Waals surface area contributed by atoms with Crippen molar-refractivity contribution >= 4 is 27.0 Å². The minimum absolute atomic E-state index is 0.715. The standard InChI is InChI=1S/C5H16O2Si2.CH4O3S/c1-8(2,3)7-9(4,5)6;1-5(2,3)4/h6H,1-5H3;1H3,(H,2,3,4). The average Bonchev–Trinajstić information content (AvgIpc) is 1.42. The summed E-state index contributed by atoms with van der Waals surface area (Å²) in [6, 6.07) is 0. The van der Waals surface area contributed by atoms with Crippen molar-refractivity contribution in [3.63, 3.8) is 0 Å². The number of hydrogen-bond acceptors (Lipinski definition) is 4. The number of hydrogen-bond donors (Lipinski definition) is 2. The SMILES string of the molecule is CS(=O)(=O)O.C[Si](C)(C)O[Si](C)(C)O. The molecule has 8 heteroatoms. The molecular formula is C6H20O5SSi2. The molecule has 0 rings (SSSR count). The van der Waals surface area contributed by atoms with Crippen LogP contribution in [0.25, 0.3) is 0 Å². The van der Waals surface area contributed by atoms with Crippen molar-refractivity contribution in [3.8, 4) is 0 Å². The highest BCUT2D eigenvalue weighted by Gasteiger charge is 2.27. The second-order valence-electron chi connectivity index (χ2n) is 4.39. The van der Waals surface area contributed by atoms with E-state index in [4.69, 9.17) is 8.67 Å². The Morgan fingerprint density at radius 1 is 1.07 bits per heavy atom. The lowest BCUT2D eigenvalue weighted by Crippen LogP contribution is -2.42. The molecule has 0 aromatic heterocycles. The Bertz CT molecular complexity index is 228. The largest absolute Gasteiger partial charge is 0.436 e. The highest BCUT2D eigenvalue weighted by Crippen LogP contribution is 2.10. The Kier molecular flexibility index (Phi) is 6.41. The zero-order valence-corrected chi connectivity index (χ0v) is 12.3. The quantitative estimate of drug-likeness (QED) is 0.572. The fraction of sp³-hybridized carbons (Fsp3) is 1.00. The van der Waals surface area contributed by atoms with Crippen molar-refractivity contribution in [2.75, 3.05) is 6.26 Å². The van der Waals surface area contributed by atoms with Gasteiger partial charge in [-0.2, -0.15) is 8.42 Å². The normalized spacial score (nSPS) is 13.1. The minimum Gasteiger partial charge on any atom is -0.436 e. The second-order valence-corrected chi connectivity index (χ2v) is 13.8. The average molecular weight is 260 g/mol. The molecule has 0 aliphatic heterocycles. The number of rotatable bonds is 2. The molecule has 0 heterocycles. The lowest BCUT2D eigenvalue weighted by molar-refractivity contribution is 0.389. The van der Waals surface area contributed by atoms with E-state index >= 15 is 0 Å². The molecule has 0 radical (unpaired) electrons. The maximum Gasteiger partial charge on any atom is 0.318 e. The molecule has 0 saturated carbocycles. The fourth-order valence-corrected chi connectivity index (χ4v) is 6.74. The molecule has 0 saturated heterocycles. The van der Waals surface area contributed by atoms with E-state index in [0.717, 1.165) is 0 Å². The molecule has 0 atom stereocenters. The van der Waals surface area contributed by atoms with Gasteiger partial charge in [0.2, 0.25) is 0 Å². The van der Waals surface area contributed by atoms with Gasteiger partial charge in [0, 0.05) is 0 Å². The van der Waals surface area contributed by atoms with E-state index in [0.29, 0.717) is 6.26 Å². The van der Waals surface area contributed by atoms with Crippen molar-refractivity contribution in [1.82, 2.24) is 0 Å². The van der Waals surface area contributed by atoms with Crippen LogP contribution >= 0.6 is 0 Å². The topological polar surface area (TPSA) is 83.8 Å². The molecule has 0 bridgehead atoms. The molecule has 5 nitrogen and oxygen atoms in total. The summed E-state index contributed by atoms with van der Waals surface area (Å²) in [6.07, 6.45) is 0.715. The van der Waals surface area contributed by atoms with Crippen LogP contribution < -0.4 is 0 Å². The van der Waals surface area contributed by atoms with Gasteiger partial charge in [0.15, 0.2) is 8.32 Å². The second kappa shape index (κ2) is 5.38. The summed E-state index contributed by atoms with van der Waals surface area (Å²) in [5.74, 6) is 0. The molecule has 0 aromatic carbocycles. The zero-order valence-electron chi connectivity index (χ0n) is 9.53. The Balaban J connectivity index is 0. The van der Waals surface area contributed by atoms with E-state index < -0.39 is 27.0 Å². The van der Waals surface area contributed by atoms with Crippen LogP contribution in [0.3, 0.4) is 0 Å². The molecule has 0 spiro atoms. The van der Waals surface area contributed by atoms with Crippen molar-refractivity contribution < 1.29 is 21.9 Å². The maximum atomic E-state index is 9.30. The van der Waals surface area contributed by atoms with Crippen LogP contribution in [0.5, 0.6) is 0 Å². The molecule has 0 fully saturated rings. The van der Waals surface area contributed by atoms with Crippen LogP contribution in [0.1, 0.15) is 0 Å². The molecule has 14 heavy (non-hydrogen) atoms. The summed E-state index contributed by atoms with van der Waals surface area (Å²) in [7, 11) is -7.38. The van der Waals surface area contributed by atoms with E-state index in [1.165, 1.54) is 0 Å². The van der Waals surface area contributed by atoms with Crippen LogP contribution in [0.2, 0.25) is 32.7 Å². The van der Waals surface area contributed by atoms with E-state index in [-0.39, 0.29) is 0 Å². The smallest absolute Gasteiger partial charge is 0.318 e. The van der Waals surface area contributed by atoms with Gasteiger partial charge < -0.3 is 8.91 Å². The fourth-order valence-electron chi connectivity index (χ4n) is 0.749. The van der Waals surface area contributed by atoms with Gasteiger partial charge >= 0.3 is 8.56 Å². The van der Waals surface area contributed by atoms with Crippen LogP contribution in [-0.4, -0.2) is 40.9 Å². The molecule has 0 aliphatic carbocycles. The van der Waals surface area contributed by atoms with Gasteiger partial charge in [-0.1, -0.05) is 0 Å². The molecular weight excluding hydrogens is 240 g/mol. The Labute approximate surface area is 88.2 Å². The van der Waals surface area contributed by atoms with Crippen molar-refractivity contribution in [3.05, 3.63) is 0 Å². The first-order valence-corrected chi connectivity index (χ1v) is 12.2. The maximum absolute atomic E-state index is 9.30. The Hall–Kier alpha value is 0.264. The van der Waals surface area contributed by atoms with Crippen molar-refractivity contribution in [2.24, 2.45) is 0 Å². The molecule has 0 aromatic rings. The Morgan fingerprint density at radius 2 is 1.29 bits per heavy atom.